The van der Waals surface area contributed by atoms with Gasteiger partial charge in [-0.1, -0.05) is 13.8 Å². The van der Waals surface area contributed by atoms with Gasteiger partial charge in [0, 0.05) is 12.8 Å². The van der Waals surface area contributed by atoms with Crippen LogP contribution in [0.3, 0.4) is 0 Å². The summed E-state index contributed by atoms with van der Waals surface area (Å²) in [7, 11) is 0. The smallest absolute Gasteiger partial charge is 0.171 e. The Morgan fingerprint density at radius 2 is 0.750 bits per heavy atom. The molecule has 0 unspecified atom stereocenters. The monoisotopic (exact) mass is 196 g/mol. The van der Waals surface area contributed by atoms with Gasteiger partial charge < -0.3 is 0 Å². The number of hydrogen-bond donors (Lipinski definition) is 0. The Balaban J connectivity index is 0. The van der Waals surface area contributed by atoms with Gasteiger partial charge in [0.05, 0.1) is 0 Å². The Kier molecular flexibility index (Phi) is 6.20. The van der Waals surface area contributed by atoms with E-state index in [0.29, 0.717) is 0 Å². The Morgan fingerprint density at radius 1 is 0.667 bits per heavy atom. The summed E-state index contributed by atoms with van der Waals surface area (Å²) in [6, 6.07) is 0. The Morgan fingerprint density at radius 3 is 0.750 bits per heavy atom. The van der Waals surface area contributed by atoms with E-state index in [1.54, 1.807) is 0 Å². The second-order valence-corrected chi connectivity index (χ2v) is 1.94. The van der Waals surface area contributed by atoms with Gasteiger partial charge in [-0.05, 0) is 0 Å². The summed E-state index contributed by atoms with van der Waals surface area (Å²) in [6.07, 6.45) is -9.38. The molecular weight excluding hydrogens is 186 g/mol. The molecule has 0 radical (unpaired) electrons. The predicted octanol–water partition coefficient (Wildman–Crippen LogP) is 3.92. The molecule has 0 bridgehead atoms. The van der Waals surface area contributed by atoms with Crippen molar-refractivity contribution in [1.82, 2.24) is 0 Å². The highest BCUT2D eigenvalue weighted by Gasteiger charge is 2.23. The van der Waals surface area contributed by atoms with Gasteiger partial charge in [-0.2, -0.15) is 26.3 Å². The summed E-state index contributed by atoms with van der Waals surface area (Å²) >= 11 is 0. The molecule has 0 N–H and O–H groups in total. The van der Waals surface area contributed by atoms with Crippen LogP contribution in [0.15, 0.2) is 0 Å². The molecule has 12 heavy (non-hydrogen) atoms. The van der Waals surface area contributed by atoms with E-state index in [2.05, 4.69) is 0 Å². The van der Waals surface area contributed by atoms with Gasteiger partial charge >= 0.3 is 12.4 Å². The molecular formula is C6H10F6. The molecule has 0 spiro atoms. The summed E-state index contributed by atoms with van der Waals surface area (Å²) in [6.45, 7) is 2.17. The van der Waals surface area contributed by atoms with E-state index in [9.17, 15) is 26.3 Å². The number of halogens is 6. The fourth-order valence-electron chi connectivity index (χ4n) is 0. The van der Waals surface area contributed by atoms with Crippen molar-refractivity contribution in [2.45, 2.75) is 39.0 Å². The summed E-state index contributed by atoms with van der Waals surface area (Å²) in [5.74, 6) is 0. The molecule has 0 aliphatic heterocycles. The van der Waals surface area contributed by atoms with E-state index in [0.717, 1.165) is 13.8 Å². The molecule has 0 saturated heterocycles. The highest BCUT2D eigenvalue weighted by molar-refractivity contribution is 4.39. The minimum atomic E-state index is -3.96. The minimum absolute atomic E-state index is 0.729. The SMILES string of the molecule is CCC(F)(F)F.CCC(F)(F)F. The van der Waals surface area contributed by atoms with Crippen molar-refractivity contribution in [3.63, 3.8) is 0 Å². The molecule has 0 aromatic heterocycles. The Labute approximate surface area is 66.6 Å². The van der Waals surface area contributed by atoms with Crippen molar-refractivity contribution < 1.29 is 26.3 Å². The summed E-state index contributed by atoms with van der Waals surface area (Å²) in [5, 5.41) is 0. The average Bonchev–Trinajstić information content (AvgIpc) is 1.86. The molecule has 0 amide bonds. The standard InChI is InChI=1S/2C3H5F3/c2*1-2-3(4,5)6/h2*2H2,1H3. The number of alkyl halides is 6. The molecule has 0 nitrogen and oxygen atoms in total. The fraction of sp³-hybridized carbons (Fsp3) is 1.00. The lowest BCUT2D eigenvalue weighted by molar-refractivity contribution is -0.131. The van der Waals surface area contributed by atoms with E-state index in [-0.39, 0.29) is 0 Å². The lowest BCUT2D eigenvalue weighted by Gasteiger charge is -1.96. The first-order valence-electron chi connectivity index (χ1n) is 3.26. The van der Waals surface area contributed by atoms with E-state index in [4.69, 9.17) is 0 Å². The highest BCUT2D eigenvalue weighted by Crippen LogP contribution is 2.17. The topological polar surface area (TPSA) is 0 Å². The number of rotatable bonds is 0. The van der Waals surface area contributed by atoms with Crippen LogP contribution in [0.5, 0.6) is 0 Å². The largest absolute Gasteiger partial charge is 0.388 e. The third-order valence-electron chi connectivity index (χ3n) is 0.802. The summed E-state index contributed by atoms with van der Waals surface area (Å²) < 4.78 is 64.7. The lowest BCUT2D eigenvalue weighted by atomic mass is 10.5. The van der Waals surface area contributed by atoms with Gasteiger partial charge in [-0.25, -0.2) is 0 Å². The van der Waals surface area contributed by atoms with Crippen LogP contribution in [0.1, 0.15) is 26.7 Å². The maximum atomic E-state index is 10.8. The maximum absolute atomic E-state index is 10.8. The third-order valence-corrected chi connectivity index (χ3v) is 0.802. The Bertz CT molecular complexity index is 85.6. The van der Waals surface area contributed by atoms with Crippen LogP contribution in [-0.2, 0) is 0 Å². The first-order valence-corrected chi connectivity index (χ1v) is 3.26. The van der Waals surface area contributed by atoms with Crippen molar-refractivity contribution in [2.75, 3.05) is 0 Å². The van der Waals surface area contributed by atoms with E-state index in [1.807, 2.05) is 0 Å². The molecule has 0 aliphatic rings. The van der Waals surface area contributed by atoms with Crippen LogP contribution in [0.2, 0.25) is 0 Å². The normalized spacial score (nSPS) is 12.0. The highest BCUT2D eigenvalue weighted by atomic mass is 19.4. The predicted molar refractivity (Wildman–Crippen MR) is 32.7 cm³/mol. The van der Waals surface area contributed by atoms with Crippen LogP contribution >= 0.6 is 0 Å². The van der Waals surface area contributed by atoms with E-state index in [1.165, 1.54) is 0 Å². The molecule has 0 atom stereocenters. The van der Waals surface area contributed by atoms with Crippen LogP contribution in [0, 0.1) is 0 Å². The molecule has 0 aromatic carbocycles. The molecule has 0 saturated carbocycles. The van der Waals surface area contributed by atoms with Crippen molar-refractivity contribution in [2.24, 2.45) is 0 Å². The average molecular weight is 196 g/mol. The second-order valence-electron chi connectivity index (χ2n) is 1.94. The van der Waals surface area contributed by atoms with Crippen molar-refractivity contribution >= 4 is 0 Å². The lowest BCUT2D eigenvalue weighted by Crippen LogP contribution is -2.02. The van der Waals surface area contributed by atoms with Crippen molar-refractivity contribution in [3.05, 3.63) is 0 Å². The zero-order valence-corrected chi connectivity index (χ0v) is 6.68. The Hall–Kier alpha value is -0.420. The molecule has 0 fully saturated rings. The fourth-order valence-corrected chi connectivity index (χ4v) is 0. The van der Waals surface area contributed by atoms with Gasteiger partial charge in [-0.15, -0.1) is 0 Å². The van der Waals surface area contributed by atoms with Crippen molar-refractivity contribution in [1.29, 1.82) is 0 Å². The van der Waals surface area contributed by atoms with Crippen LogP contribution in [0.25, 0.3) is 0 Å². The first-order chi connectivity index (χ1) is 5.12. The van der Waals surface area contributed by atoms with Crippen LogP contribution < -0.4 is 0 Å². The van der Waals surface area contributed by atoms with E-state index >= 15 is 0 Å². The minimum Gasteiger partial charge on any atom is -0.171 e. The van der Waals surface area contributed by atoms with Gasteiger partial charge in [0.25, 0.3) is 0 Å². The summed E-state index contributed by atoms with van der Waals surface area (Å²) in [5.41, 5.74) is 0. The van der Waals surface area contributed by atoms with Crippen LogP contribution in [0.4, 0.5) is 26.3 Å². The van der Waals surface area contributed by atoms with Crippen molar-refractivity contribution in [3.8, 4) is 0 Å². The molecule has 0 aromatic rings. The first kappa shape index (κ1) is 14.1. The molecule has 76 valence electrons. The number of hydrogen-bond acceptors (Lipinski definition) is 0. The molecule has 6 heteroatoms. The van der Waals surface area contributed by atoms with Gasteiger partial charge in [0.15, 0.2) is 0 Å². The zero-order valence-electron chi connectivity index (χ0n) is 6.68. The second kappa shape index (κ2) is 5.27. The van der Waals surface area contributed by atoms with E-state index < -0.39 is 25.2 Å². The van der Waals surface area contributed by atoms with Gasteiger partial charge in [0.1, 0.15) is 0 Å². The zero-order chi connectivity index (χ0) is 10.4. The maximum Gasteiger partial charge on any atom is 0.388 e. The summed E-state index contributed by atoms with van der Waals surface area (Å²) in [4.78, 5) is 0. The van der Waals surface area contributed by atoms with Gasteiger partial charge in [0.2, 0.25) is 0 Å². The van der Waals surface area contributed by atoms with Gasteiger partial charge in [-0.3, -0.25) is 0 Å². The quantitative estimate of drug-likeness (QED) is 0.515. The third kappa shape index (κ3) is 22.7. The molecule has 0 aliphatic carbocycles. The molecule has 0 heterocycles. The van der Waals surface area contributed by atoms with Crippen LogP contribution in [-0.4, -0.2) is 12.4 Å². The molecule has 0 rings (SSSR count).